The lowest BCUT2D eigenvalue weighted by Crippen LogP contribution is -2.23. The van der Waals surface area contributed by atoms with Crippen LogP contribution in [0.4, 0.5) is 24.0 Å². The van der Waals surface area contributed by atoms with Crippen LogP contribution in [0.3, 0.4) is 0 Å². The summed E-state index contributed by atoms with van der Waals surface area (Å²) in [5, 5.41) is 2.64. The molecule has 0 aliphatic rings. The van der Waals surface area contributed by atoms with E-state index >= 15 is 0 Å². The maximum absolute atomic E-state index is 13.1. The van der Waals surface area contributed by atoms with Crippen molar-refractivity contribution < 1.29 is 31.9 Å². The Balaban J connectivity index is 1.44. The Morgan fingerprint density at radius 1 is 1.15 bits per heavy atom. The van der Waals surface area contributed by atoms with E-state index in [0.29, 0.717) is 17.0 Å². The van der Waals surface area contributed by atoms with Crippen LogP contribution in [-0.4, -0.2) is 16.9 Å². The van der Waals surface area contributed by atoms with Gasteiger partial charge in [-0.1, -0.05) is 24.3 Å². The summed E-state index contributed by atoms with van der Waals surface area (Å²) in [5.41, 5.74) is 0.200. The SMILES string of the molecule is CC(=O)N(c1cccc(C(F)(F)F)c1)c1nc(/C=C/C(=O)OCc2cc3ccccc3o2)cs1. The highest BCUT2D eigenvalue weighted by molar-refractivity contribution is 7.14. The third kappa shape index (κ3) is 5.34. The van der Waals surface area contributed by atoms with Crippen molar-refractivity contribution in [2.45, 2.75) is 19.7 Å². The first kappa shape index (κ1) is 23.2. The molecule has 0 radical (unpaired) electrons. The largest absolute Gasteiger partial charge is 0.457 e. The van der Waals surface area contributed by atoms with Gasteiger partial charge in [-0.2, -0.15) is 13.2 Å². The Labute approximate surface area is 195 Å². The number of thiazole rings is 1. The van der Waals surface area contributed by atoms with Gasteiger partial charge in [0.25, 0.3) is 0 Å². The molecule has 0 saturated carbocycles. The molecule has 0 N–H and O–H groups in total. The normalized spacial score (nSPS) is 11.8. The van der Waals surface area contributed by atoms with Crippen molar-refractivity contribution in [2.75, 3.05) is 4.90 Å². The van der Waals surface area contributed by atoms with E-state index < -0.39 is 23.6 Å². The van der Waals surface area contributed by atoms with E-state index in [0.717, 1.165) is 33.8 Å². The predicted molar refractivity (Wildman–Crippen MR) is 121 cm³/mol. The van der Waals surface area contributed by atoms with Crippen molar-refractivity contribution in [3.63, 3.8) is 0 Å². The van der Waals surface area contributed by atoms with Crippen molar-refractivity contribution in [3.8, 4) is 0 Å². The number of hydrogen-bond donors (Lipinski definition) is 0. The molecule has 0 fully saturated rings. The number of rotatable bonds is 6. The van der Waals surface area contributed by atoms with Crippen molar-refractivity contribution >= 4 is 51.1 Å². The number of anilines is 2. The van der Waals surface area contributed by atoms with Crippen molar-refractivity contribution in [2.24, 2.45) is 0 Å². The van der Waals surface area contributed by atoms with E-state index in [1.54, 1.807) is 11.4 Å². The second-order valence-corrected chi connectivity index (χ2v) is 7.99. The Morgan fingerprint density at radius 3 is 2.68 bits per heavy atom. The highest BCUT2D eigenvalue weighted by atomic mass is 32.1. The van der Waals surface area contributed by atoms with Crippen LogP contribution in [0.15, 0.2) is 70.5 Å². The fourth-order valence-electron chi connectivity index (χ4n) is 3.16. The van der Waals surface area contributed by atoms with Crippen LogP contribution in [0.2, 0.25) is 0 Å². The van der Waals surface area contributed by atoms with Gasteiger partial charge < -0.3 is 9.15 Å². The van der Waals surface area contributed by atoms with Gasteiger partial charge in [0.05, 0.1) is 16.9 Å². The number of fused-ring (bicyclic) bond motifs is 1. The first-order chi connectivity index (χ1) is 16.2. The summed E-state index contributed by atoms with van der Waals surface area (Å²) >= 11 is 1.05. The van der Waals surface area contributed by atoms with Gasteiger partial charge in [0, 0.05) is 23.8 Å². The summed E-state index contributed by atoms with van der Waals surface area (Å²) in [7, 11) is 0. The van der Waals surface area contributed by atoms with Gasteiger partial charge in [-0.3, -0.25) is 9.69 Å². The lowest BCUT2D eigenvalue weighted by Gasteiger charge is -2.19. The maximum atomic E-state index is 13.1. The molecule has 2 heterocycles. The highest BCUT2D eigenvalue weighted by Crippen LogP contribution is 2.35. The molecule has 0 spiro atoms. The average Bonchev–Trinajstić information content (AvgIpc) is 3.42. The number of carbonyl (C=O) groups is 2. The third-order valence-electron chi connectivity index (χ3n) is 4.67. The monoisotopic (exact) mass is 486 g/mol. The molecule has 0 aliphatic heterocycles. The first-order valence-electron chi connectivity index (χ1n) is 9.96. The molecule has 6 nitrogen and oxygen atoms in total. The number of carbonyl (C=O) groups excluding carboxylic acids is 2. The molecule has 4 rings (SSSR count). The van der Waals surface area contributed by atoms with Crippen LogP contribution in [0.5, 0.6) is 0 Å². The second kappa shape index (κ2) is 9.52. The summed E-state index contributed by atoms with van der Waals surface area (Å²) in [6, 6.07) is 13.6. The van der Waals surface area contributed by atoms with E-state index in [-0.39, 0.29) is 17.4 Å². The zero-order valence-electron chi connectivity index (χ0n) is 17.7. The number of para-hydroxylation sites is 1. The number of halogens is 3. The molecule has 0 aliphatic carbocycles. The summed E-state index contributed by atoms with van der Waals surface area (Å²) in [4.78, 5) is 29.6. The van der Waals surface area contributed by atoms with E-state index in [2.05, 4.69) is 4.98 Å². The topological polar surface area (TPSA) is 72.6 Å². The minimum absolute atomic E-state index is 0.0393. The molecule has 1 amide bonds. The molecule has 4 aromatic rings. The zero-order valence-corrected chi connectivity index (χ0v) is 18.5. The highest BCUT2D eigenvalue weighted by Gasteiger charge is 2.31. The van der Waals surface area contributed by atoms with E-state index in [1.807, 2.05) is 24.3 Å². The lowest BCUT2D eigenvalue weighted by molar-refractivity contribution is -0.139. The van der Waals surface area contributed by atoms with Crippen LogP contribution >= 0.6 is 11.3 Å². The molecule has 2 aromatic heterocycles. The van der Waals surface area contributed by atoms with Crippen molar-refractivity contribution in [1.82, 2.24) is 4.98 Å². The molecule has 0 unspecified atom stereocenters. The molecule has 174 valence electrons. The maximum Gasteiger partial charge on any atom is 0.416 e. The number of esters is 1. The van der Waals surface area contributed by atoms with Gasteiger partial charge in [-0.05, 0) is 36.4 Å². The Hall–Kier alpha value is -3.92. The summed E-state index contributed by atoms with van der Waals surface area (Å²) < 4.78 is 50.0. The van der Waals surface area contributed by atoms with Crippen LogP contribution < -0.4 is 4.90 Å². The number of amides is 1. The van der Waals surface area contributed by atoms with Gasteiger partial charge in [-0.25, -0.2) is 9.78 Å². The van der Waals surface area contributed by atoms with Crippen LogP contribution in [-0.2, 0) is 27.1 Å². The quantitative estimate of drug-likeness (QED) is 0.235. The number of furan rings is 1. The van der Waals surface area contributed by atoms with Gasteiger partial charge in [0.2, 0.25) is 5.91 Å². The second-order valence-electron chi connectivity index (χ2n) is 7.15. The van der Waals surface area contributed by atoms with Gasteiger partial charge in [0.15, 0.2) is 5.13 Å². The standard InChI is InChI=1S/C24H17F3N2O4S/c1-15(30)29(19-7-4-6-17(12-19)24(25,26)27)23-28-18(14-34-23)9-10-22(31)32-13-20-11-16-5-2-3-8-21(16)33-20/h2-12,14H,13H2,1H3/b10-9+. The number of nitrogens with zero attached hydrogens (tertiary/aromatic N) is 2. The van der Waals surface area contributed by atoms with Crippen molar-refractivity contribution in [1.29, 1.82) is 0 Å². The fraction of sp³-hybridized carbons (Fsp3) is 0.125. The van der Waals surface area contributed by atoms with Crippen molar-refractivity contribution in [3.05, 3.63) is 83.1 Å². The summed E-state index contributed by atoms with van der Waals surface area (Å²) in [5.74, 6) is -0.636. The molecule has 2 aromatic carbocycles. The minimum Gasteiger partial charge on any atom is -0.457 e. The number of benzene rings is 2. The van der Waals surface area contributed by atoms with Gasteiger partial charge >= 0.3 is 12.1 Å². The molecule has 34 heavy (non-hydrogen) atoms. The average molecular weight is 486 g/mol. The Bertz CT molecular complexity index is 1340. The zero-order chi connectivity index (χ0) is 24.3. The Morgan fingerprint density at radius 2 is 1.94 bits per heavy atom. The van der Waals surface area contributed by atoms with E-state index in [9.17, 15) is 22.8 Å². The summed E-state index contributed by atoms with van der Waals surface area (Å²) in [6.07, 6.45) is -1.98. The lowest BCUT2D eigenvalue weighted by atomic mass is 10.2. The molecular weight excluding hydrogens is 469 g/mol. The number of aromatic nitrogens is 1. The third-order valence-corrected chi connectivity index (χ3v) is 5.52. The molecular formula is C24H17F3N2O4S. The molecule has 0 atom stereocenters. The fourth-order valence-corrected chi connectivity index (χ4v) is 4.01. The number of ether oxygens (including phenoxy) is 1. The van der Waals surface area contributed by atoms with Gasteiger partial charge in [-0.15, -0.1) is 11.3 Å². The van der Waals surface area contributed by atoms with Crippen LogP contribution in [0, 0.1) is 0 Å². The predicted octanol–water partition coefficient (Wildman–Crippen LogP) is 6.35. The first-order valence-corrected chi connectivity index (χ1v) is 10.8. The number of hydrogen-bond acceptors (Lipinski definition) is 6. The van der Waals surface area contributed by atoms with Crippen LogP contribution in [0.1, 0.15) is 23.9 Å². The van der Waals surface area contributed by atoms with E-state index in [1.165, 1.54) is 31.2 Å². The smallest absolute Gasteiger partial charge is 0.416 e. The van der Waals surface area contributed by atoms with E-state index in [4.69, 9.17) is 9.15 Å². The molecule has 10 heteroatoms. The van der Waals surface area contributed by atoms with Crippen LogP contribution in [0.25, 0.3) is 17.0 Å². The molecule has 0 saturated heterocycles. The minimum atomic E-state index is -4.54. The molecule has 0 bridgehead atoms. The number of alkyl halides is 3. The summed E-state index contributed by atoms with van der Waals surface area (Å²) in [6.45, 7) is 1.18. The Kier molecular flexibility index (Phi) is 6.51. The van der Waals surface area contributed by atoms with Gasteiger partial charge in [0.1, 0.15) is 18.0 Å².